The van der Waals surface area contributed by atoms with Crippen molar-refractivity contribution in [2.45, 2.75) is 12.5 Å². The van der Waals surface area contributed by atoms with Crippen LogP contribution in [0.2, 0.25) is 0 Å². The highest BCUT2D eigenvalue weighted by Gasteiger charge is 2.26. The van der Waals surface area contributed by atoms with Crippen molar-refractivity contribution in [2.24, 2.45) is 0 Å². The van der Waals surface area contributed by atoms with Crippen LogP contribution in [0.25, 0.3) is 0 Å². The van der Waals surface area contributed by atoms with Crippen LogP contribution >= 0.6 is 0 Å². The molecular formula is C12H15N3O3. The summed E-state index contributed by atoms with van der Waals surface area (Å²) < 4.78 is 10.2. The number of aliphatic hydroxyl groups is 1. The number of rotatable bonds is 5. The molecule has 0 saturated heterocycles. The van der Waals surface area contributed by atoms with Gasteiger partial charge in [0.25, 0.3) is 0 Å². The molecule has 0 amide bonds. The van der Waals surface area contributed by atoms with Gasteiger partial charge in [0.05, 0.1) is 19.9 Å². The van der Waals surface area contributed by atoms with Crippen LogP contribution in [0.3, 0.4) is 0 Å². The van der Waals surface area contributed by atoms with Gasteiger partial charge in [-0.15, -0.1) is 0 Å². The quantitative estimate of drug-likeness (QED) is 0.833. The molecule has 2 aromatic heterocycles. The van der Waals surface area contributed by atoms with Gasteiger partial charge < -0.3 is 19.6 Å². The number of nitrogens with zero attached hydrogens (tertiary/aromatic N) is 2. The van der Waals surface area contributed by atoms with Crippen LogP contribution < -0.4 is 10.1 Å². The van der Waals surface area contributed by atoms with Crippen LogP contribution in [0.4, 0.5) is 5.95 Å². The number of hydrogen-bond acceptors (Lipinski definition) is 6. The van der Waals surface area contributed by atoms with E-state index in [0.717, 1.165) is 0 Å². The van der Waals surface area contributed by atoms with E-state index in [-0.39, 0.29) is 6.54 Å². The summed E-state index contributed by atoms with van der Waals surface area (Å²) in [6, 6.07) is 5.09. The predicted molar refractivity (Wildman–Crippen MR) is 65.4 cm³/mol. The first-order valence-corrected chi connectivity index (χ1v) is 5.49. The fraction of sp³-hybridized carbons (Fsp3) is 0.333. The number of nitrogens with one attached hydrogen (secondary N) is 1. The van der Waals surface area contributed by atoms with Crippen molar-refractivity contribution in [1.29, 1.82) is 0 Å². The Morgan fingerprint density at radius 3 is 3.00 bits per heavy atom. The molecule has 0 aliphatic carbocycles. The maximum absolute atomic E-state index is 10.2. The monoisotopic (exact) mass is 249 g/mol. The predicted octanol–water partition coefficient (Wildman–Crippen LogP) is 1.40. The van der Waals surface area contributed by atoms with Crippen LogP contribution in [0.5, 0.6) is 5.88 Å². The number of methoxy groups -OCH3 is 1. The molecule has 1 atom stereocenters. The molecule has 0 radical (unpaired) electrons. The Morgan fingerprint density at radius 1 is 1.50 bits per heavy atom. The van der Waals surface area contributed by atoms with Crippen LogP contribution in [0.15, 0.2) is 35.1 Å². The molecule has 0 fully saturated rings. The average molecular weight is 249 g/mol. The minimum Gasteiger partial charge on any atom is -0.481 e. The average Bonchev–Trinajstić information content (AvgIpc) is 2.91. The fourth-order valence-corrected chi connectivity index (χ4v) is 1.46. The van der Waals surface area contributed by atoms with Gasteiger partial charge in [-0.3, -0.25) is 0 Å². The third-order valence-electron chi connectivity index (χ3n) is 2.48. The summed E-state index contributed by atoms with van der Waals surface area (Å²) in [4.78, 5) is 8.12. The zero-order chi connectivity index (χ0) is 13.0. The van der Waals surface area contributed by atoms with Gasteiger partial charge in [-0.25, -0.2) is 4.98 Å². The molecule has 1 unspecified atom stereocenters. The Kier molecular flexibility index (Phi) is 3.47. The highest BCUT2D eigenvalue weighted by Crippen LogP contribution is 2.21. The Bertz CT molecular complexity index is 497. The molecule has 0 bridgehead atoms. The lowest BCUT2D eigenvalue weighted by Gasteiger charge is -2.21. The van der Waals surface area contributed by atoms with Crippen molar-refractivity contribution >= 4 is 5.95 Å². The summed E-state index contributed by atoms with van der Waals surface area (Å²) >= 11 is 0. The molecule has 2 rings (SSSR count). The van der Waals surface area contributed by atoms with Crippen molar-refractivity contribution in [3.8, 4) is 5.88 Å². The van der Waals surface area contributed by atoms with Crippen LogP contribution in [-0.4, -0.2) is 28.7 Å². The second-order valence-electron chi connectivity index (χ2n) is 4.03. The molecule has 0 aliphatic rings. The molecule has 96 valence electrons. The molecule has 0 aliphatic heterocycles. The van der Waals surface area contributed by atoms with E-state index in [1.54, 1.807) is 31.3 Å². The lowest BCUT2D eigenvalue weighted by molar-refractivity contribution is 0.0475. The van der Waals surface area contributed by atoms with Gasteiger partial charge in [0.2, 0.25) is 11.8 Å². The van der Waals surface area contributed by atoms with Gasteiger partial charge in [-0.2, -0.15) is 4.98 Å². The zero-order valence-electron chi connectivity index (χ0n) is 10.3. The topological polar surface area (TPSA) is 80.4 Å². The number of anilines is 1. The molecular weight excluding hydrogens is 234 g/mol. The summed E-state index contributed by atoms with van der Waals surface area (Å²) in [5.74, 6) is 1.34. The minimum absolute atomic E-state index is 0.230. The van der Waals surface area contributed by atoms with Crippen molar-refractivity contribution in [2.75, 3.05) is 19.0 Å². The SMILES string of the molecule is COc1ccnc(NCC(C)(O)c2ccco2)n1. The second-order valence-corrected chi connectivity index (χ2v) is 4.03. The number of hydrogen-bond donors (Lipinski definition) is 2. The van der Waals surface area contributed by atoms with Crippen molar-refractivity contribution in [1.82, 2.24) is 9.97 Å². The Hall–Kier alpha value is -2.08. The maximum Gasteiger partial charge on any atom is 0.226 e. The third-order valence-corrected chi connectivity index (χ3v) is 2.48. The first-order chi connectivity index (χ1) is 8.62. The molecule has 18 heavy (non-hydrogen) atoms. The Labute approximate surface area is 105 Å². The number of aromatic nitrogens is 2. The third kappa shape index (κ3) is 2.78. The molecule has 6 heteroatoms. The largest absolute Gasteiger partial charge is 0.481 e. The minimum atomic E-state index is -1.13. The molecule has 6 nitrogen and oxygen atoms in total. The zero-order valence-corrected chi connectivity index (χ0v) is 10.3. The molecule has 2 N–H and O–H groups in total. The van der Waals surface area contributed by atoms with E-state index in [9.17, 15) is 5.11 Å². The molecule has 0 saturated carbocycles. The molecule has 2 heterocycles. The highest BCUT2D eigenvalue weighted by atomic mass is 16.5. The van der Waals surface area contributed by atoms with Crippen LogP contribution in [0.1, 0.15) is 12.7 Å². The van der Waals surface area contributed by atoms with Gasteiger partial charge in [0.1, 0.15) is 11.4 Å². The first kappa shape index (κ1) is 12.4. The summed E-state index contributed by atoms with van der Waals surface area (Å²) in [6.07, 6.45) is 3.10. The maximum atomic E-state index is 10.2. The fourth-order valence-electron chi connectivity index (χ4n) is 1.46. The molecule has 0 spiro atoms. The smallest absolute Gasteiger partial charge is 0.226 e. The Morgan fingerprint density at radius 2 is 2.33 bits per heavy atom. The van der Waals surface area contributed by atoms with E-state index in [2.05, 4.69) is 15.3 Å². The van der Waals surface area contributed by atoms with Crippen LogP contribution in [-0.2, 0) is 5.60 Å². The van der Waals surface area contributed by atoms with E-state index < -0.39 is 5.60 Å². The lowest BCUT2D eigenvalue weighted by Crippen LogP contribution is -2.30. The number of furan rings is 1. The van der Waals surface area contributed by atoms with Gasteiger partial charge in [-0.1, -0.05) is 0 Å². The highest BCUT2D eigenvalue weighted by molar-refractivity contribution is 5.28. The summed E-state index contributed by atoms with van der Waals surface area (Å²) in [7, 11) is 1.53. The molecule has 0 aromatic carbocycles. The molecule has 2 aromatic rings. The standard InChI is InChI=1S/C12H15N3O3/c1-12(16,9-4-3-7-18-9)8-14-11-13-6-5-10(15-11)17-2/h3-7,16H,8H2,1-2H3,(H,13,14,15). The van der Waals surface area contributed by atoms with E-state index in [1.807, 2.05) is 0 Å². The van der Waals surface area contributed by atoms with Gasteiger partial charge in [0, 0.05) is 12.3 Å². The van der Waals surface area contributed by atoms with E-state index in [0.29, 0.717) is 17.6 Å². The number of ether oxygens (including phenoxy) is 1. The van der Waals surface area contributed by atoms with Crippen molar-refractivity contribution in [3.63, 3.8) is 0 Å². The van der Waals surface area contributed by atoms with E-state index in [1.165, 1.54) is 13.4 Å². The lowest BCUT2D eigenvalue weighted by atomic mass is 10.0. The van der Waals surface area contributed by atoms with Crippen LogP contribution in [0, 0.1) is 0 Å². The summed E-state index contributed by atoms with van der Waals surface area (Å²) in [5, 5.41) is 13.2. The van der Waals surface area contributed by atoms with Gasteiger partial charge >= 0.3 is 0 Å². The van der Waals surface area contributed by atoms with E-state index in [4.69, 9.17) is 9.15 Å². The summed E-state index contributed by atoms with van der Waals surface area (Å²) in [5.41, 5.74) is -1.13. The summed E-state index contributed by atoms with van der Waals surface area (Å²) in [6.45, 7) is 1.88. The van der Waals surface area contributed by atoms with Crippen molar-refractivity contribution in [3.05, 3.63) is 36.4 Å². The van der Waals surface area contributed by atoms with E-state index >= 15 is 0 Å². The van der Waals surface area contributed by atoms with Gasteiger partial charge in [0.15, 0.2) is 0 Å². The normalized spacial score (nSPS) is 13.9. The Balaban J connectivity index is 2.02. The first-order valence-electron chi connectivity index (χ1n) is 5.49. The van der Waals surface area contributed by atoms with Crippen molar-refractivity contribution < 1.29 is 14.3 Å². The second kappa shape index (κ2) is 5.05. The van der Waals surface area contributed by atoms with Gasteiger partial charge in [-0.05, 0) is 19.1 Å².